The van der Waals surface area contributed by atoms with Crippen molar-refractivity contribution in [3.63, 3.8) is 0 Å². The summed E-state index contributed by atoms with van der Waals surface area (Å²) in [6, 6.07) is 0. The summed E-state index contributed by atoms with van der Waals surface area (Å²) in [5.74, 6) is 4.64. The van der Waals surface area contributed by atoms with Crippen molar-refractivity contribution in [2.75, 3.05) is 6.54 Å². The topological polar surface area (TPSA) is 81.1 Å². The van der Waals surface area contributed by atoms with Gasteiger partial charge in [0.25, 0.3) is 0 Å². The highest BCUT2D eigenvalue weighted by Crippen LogP contribution is 1.81. The van der Waals surface area contributed by atoms with Crippen LogP contribution in [-0.4, -0.2) is 12.5 Å². The van der Waals surface area contributed by atoms with E-state index < -0.39 is 0 Å². The van der Waals surface area contributed by atoms with Crippen LogP contribution in [0.25, 0.3) is 0 Å². The maximum atomic E-state index is 10.0. The van der Waals surface area contributed by atoms with Crippen LogP contribution in [0.1, 0.15) is 12.8 Å². The second-order valence-electron chi connectivity index (χ2n) is 1.52. The Kier molecular flexibility index (Phi) is 4.20. The van der Waals surface area contributed by atoms with E-state index in [1.165, 1.54) is 0 Å². The molecule has 0 saturated heterocycles. The fourth-order valence-electron chi connectivity index (χ4n) is 0.365. The number of rotatable bonds is 4. The Morgan fingerprint density at radius 3 is 2.62 bits per heavy atom. The minimum Gasteiger partial charge on any atom is -0.370 e. The third-order valence-electron chi connectivity index (χ3n) is 0.744. The smallest absolute Gasteiger partial charge is 0.217 e. The van der Waals surface area contributed by atoms with Gasteiger partial charge in [0.05, 0.1) is 0 Å². The lowest BCUT2D eigenvalue weighted by atomic mass is 10.3. The lowest BCUT2D eigenvalue weighted by Gasteiger charge is -1.93. The number of primary amides is 1. The SMILES string of the molecule is NNCCCC(N)=O. The van der Waals surface area contributed by atoms with Crippen LogP contribution >= 0.6 is 0 Å². The lowest BCUT2D eigenvalue weighted by Crippen LogP contribution is -2.24. The van der Waals surface area contributed by atoms with E-state index in [0.29, 0.717) is 19.4 Å². The standard InChI is InChI=1S/C4H11N3O/c5-4(8)2-1-3-7-6/h7H,1-3,6H2,(H2,5,8). The molecule has 1 amide bonds. The first-order valence-corrected chi connectivity index (χ1v) is 2.49. The molecule has 0 aliphatic heterocycles. The lowest BCUT2D eigenvalue weighted by molar-refractivity contribution is -0.118. The van der Waals surface area contributed by atoms with E-state index in [2.05, 4.69) is 5.43 Å². The highest BCUT2D eigenvalue weighted by Gasteiger charge is 1.90. The molecule has 0 aliphatic rings. The molecule has 0 aromatic carbocycles. The van der Waals surface area contributed by atoms with Gasteiger partial charge in [-0.2, -0.15) is 0 Å². The number of hydrogen-bond acceptors (Lipinski definition) is 3. The van der Waals surface area contributed by atoms with Gasteiger partial charge in [-0.05, 0) is 6.42 Å². The average molecular weight is 117 g/mol. The number of hydrazine groups is 1. The Labute approximate surface area is 48.2 Å². The van der Waals surface area contributed by atoms with Crippen molar-refractivity contribution >= 4 is 5.91 Å². The van der Waals surface area contributed by atoms with Crippen LogP contribution in [0.3, 0.4) is 0 Å². The Morgan fingerprint density at radius 1 is 1.62 bits per heavy atom. The minimum atomic E-state index is -0.278. The van der Waals surface area contributed by atoms with Crippen LogP contribution in [0.15, 0.2) is 0 Å². The van der Waals surface area contributed by atoms with Gasteiger partial charge in [-0.15, -0.1) is 0 Å². The largest absolute Gasteiger partial charge is 0.370 e. The number of amides is 1. The van der Waals surface area contributed by atoms with Crippen LogP contribution in [0.4, 0.5) is 0 Å². The molecule has 4 heteroatoms. The number of nitrogens with two attached hydrogens (primary N) is 2. The monoisotopic (exact) mass is 117 g/mol. The molecule has 8 heavy (non-hydrogen) atoms. The zero-order valence-electron chi connectivity index (χ0n) is 4.68. The van der Waals surface area contributed by atoms with Crippen molar-refractivity contribution in [1.82, 2.24) is 5.43 Å². The summed E-state index contributed by atoms with van der Waals surface area (Å²) in [6.45, 7) is 0.642. The van der Waals surface area contributed by atoms with Gasteiger partial charge in [-0.1, -0.05) is 0 Å². The minimum absolute atomic E-state index is 0.278. The summed E-state index contributed by atoms with van der Waals surface area (Å²) in [4.78, 5) is 10.0. The van der Waals surface area contributed by atoms with Crippen molar-refractivity contribution < 1.29 is 4.79 Å². The first-order valence-electron chi connectivity index (χ1n) is 2.49. The Balaban J connectivity index is 2.82. The molecule has 0 aromatic rings. The predicted molar refractivity (Wildman–Crippen MR) is 30.6 cm³/mol. The van der Waals surface area contributed by atoms with E-state index >= 15 is 0 Å². The third kappa shape index (κ3) is 5.39. The Morgan fingerprint density at radius 2 is 2.25 bits per heavy atom. The van der Waals surface area contributed by atoms with Gasteiger partial charge in [-0.25, -0.2) is 0 Å². The summed E-state index contributed by atoms with van der Waals surface area (Å²) < 4.78 is 0. The quantitative estimate of drug-likeness (QED) is 0.243. The average Bonchev–Trinajstić information content (AvgIpc) is 1.66. The number of carbonyl (C=O) groups excluding carboxylic acids is 1. The molecule has 0 aliphatic carbocycles. The predicted octanol–water partition coefficient (Wildman–Crippen LogP) is -1.28. The van der Waals surface area contributed by atoms with Crippen LogP contribution in [0, 0.1) is 0 Å². The molecular weight excluding hydrogens is 106 g/mol. The molecule has 0 spiro atoms. The van der Waals surface area contributed by atoms with Crippen molar-refractivity contribution in [3.8, 4) is 0 Å². The number of carbonyl (C=O) groups is 1. The van der Waals surface area contributed by atoms with Crippen LogP contribution in [0.2, 0.25) is 0 Å². The fourth-order valence-corrected chi connectivity index (χ4v) is 0.365. The first-order chi connectivity index (χ1) is 3.77. The van der Waals surface area contributed by atoms with Crippen molar-refractivity contribution in [1.29, 1.82) is 0 Å². The first kappa shape index (κ1) is 7.39. The van der Waals surface area contributed by atoms with Crippen molar-refractivity contribution in [2.45, 2.75) is 12.8 Å². The normalized spacial score (nSPS) is 9.12. The van der Waals surface area contributed by atoms with Gasteiger partial charge in [0.1, 0.15) is 0 Å². The molecule has 4 nitrogen and oxygen atoms in total. The molecule has 0 rings (SSSR count). The van der Waals surface area contributed by atoms with Crippen molar-refractivity contribution in [2.24, 2.45) is 11.6 Å². The van der Waals surface area contributed by atoms with Gasteiger partial charge in [-0.3, -0.25) is 16.1 Å². The van der Waals surface area contributed by atoms with E-state index in [4.69, 9.17) is 11.6 Å². The Hall–Kier alpha value is -0.610. The zero-order chi connectivity index (χ0) is 6.41. The summed E-state index contributed by atoms with van der Waals surface area (Å²) in [5.41, 5.74) is 7.24. The molecule has 5 N–H and O–H groups in total. The third-order valence-corrected chi connectivity index (χ3v) is 0.744. The van der Waals surface area contributed by atoms with E-state index in [1.807, 2.05) is 0 Å². The summed E-state index contributed by atoms with van der Waals surface area (Å²) in [5, 5.41) is 0. The van der Waals surface area contributed by atoms with Crippen LogP contribution in [0.5, 0.6) is 0 Å². The maximum absolute atomic E-state index is 10.0. The Bertz CT molecular complexity index is 73.7. The molecule has 48 valence electrons. The molecule has 0 heterocycles. The molecule has 0 aromatic heterocycles. The van der Waals surface area contributed by atoms with Gasteiger partial charge in [0, 0.05) is 13.0 Å². The van der Waals surface area contributed by atoms with E-state index in [-0.39, 0.29) is 5.91 Å². The van der Waals surface area contributed by atoms with Crippen molar-refractivity contribution in [3.05, 3.63) is 0 Å². The number of nitrogens with one attached hydrogen (secondary N) is 1. The zero-order valence-corrected chi connectivity index (χ0v) is 4.68. The summed E-state index contributed by atoms with van der Waals surface area (Å²) >= 11 is 0. The molecule has 0 radical (unpaired) electrons. The molecule has 0 atom stereocenters. The van der Waals surface area contributed by atoms with E-state index in [1.54, 1.807) is 0 Å². The highest BCUT2D eigenvalue weighted by atomic mass is 16.1. The molecule has 0 unspecified atom stereocenters. The van der Waals surface area contributed by atoms with E-state index in [0.717, 1.165) is 0 Å². The molecule has 0 saturated carbocycles. The maximum Gasteiger partial charge on any atom is 0.217 e. The molecule has 0 bridgehead atoms. The second kappa shape index (κ2) is 4.55. The van der Waals surface area contributed by atoms with Gasteiger partial charge >= 0.3 is 0 Å². The van der Waals surface area contributed by atoms with E-state index in [9.17, 15) is 4.79 Å². The molecular formula is C4H11N3O. The van der Waals surface area contributed by atoms with Gasteiger partial charge < -0.3 is 5.73 Å². The summed E-state index contributed by atoms with van der Waals surface area (Å²) in [7, 11) is 0. The van der Waals surface area contributed by atoms with Crippen LogP contribution < -0.4 is 17.0 Å². The highest BCUT2D eigenvalue weighted by molar-refractivity contribution is 5.73. The molecule has 0 fully saturated rings. The second-order valence-corrected chi connectivity index (χ2v) is 1.52. The van der Waals surface area contributed by atoms with Gasteiger partial charge in [0.15, 0.2) is 0 Å². The summed E-state index contributed by atoms with van der Waals surface area (Å²) in [6.07, 6.45) is 1.12. The fraction of sp³-hybridized carbons (Fsp3) is 0.750. The number of hydrogen-bond donors (Lipinski definition) is 3. The van der Waals surface area contributed by atoms with Gasteiger partial charge in [0.2, 0.25) is 5.91 Å². The van der Waals surface area contributed by atoms with Crippen LogP contribution in [-0.2, 0) is 4.79 Å².